The smallest absolute Gasteiger partial charge is 0.335 e. The van der Waals surface area contributed by atoms with Gasteiger partial charge >= 0.3 is 6.03 Å². The van der Waals surface area contributed by atoms with Gasteiger partial charge in [-0.15, -0.1) is 6.58 Å². The van der Waals surface area contributed by atoms with E-state index >= 15 is 0 Å². The summed E-state index contributed by atoms with van der Waals surface area (Å²) >= 11 is 5.84. The van der Waals surface area contributed by atoms with Gasteiger partial charge in [0.05, 0.1) is 10.2 Å². The first-order chi connectivity index (χ1) is 17.7. The number of hydrogen-bond acceptors (Lipinski definition) is 4. The van der Waals surface area contributed by atoms with Crippen molar-refractivity contribution in [3.63, 3.8) is 0 Å². The number of benzene rings is 3. The van der Waals surface area contributed by atoms with Crippen molar-refractivity contribution in [2.75, 3.05) is 4.90 Å². The second-order valence-electron chi connectivity index (χ2n) is 8.63. The van der Waals surface area contributed by atoms with Gasteiger partial charge in [0.1, 0.15) is 17.9 Å². The van der Waals surface area contributed by atoms with Crippen LogP contribution < -0.4 is 15.0 Å². The first-order valence-corrected chi connectivity index (χ1v) is 13.3. The van der Waals surface area contributed by atoms with Gasteiger partial charge in [0.2, 0.25) is 0 Å². The second-order valence-corrected chi connectivity index (χ2v) is 10.7. The van der Waals surface area contributed by atoms with Crippen molar-refractivity contribution in [2.24, 2.45) is 0 Å². The van der Waals surface area contributed by atoms with E-state index in [1.54, 1.807) is 24.3 Å². The minimum absolute atomic E-state index is 0.137. The average molecular weight is 671 g/mol. The molecule has 1 N–H and O–H groups in total. The number of urea groups is 1. The summed E-state index contributed by atoms with van der Waals surface area (Å²) in [6, 6.07) is 16.2. The van der Waals surface area contributed by atoms with Crippen molar-refractivity contribution in [1.82, 2.24) is 5.32 Å². The van der Waals surface area contributed by atoms with Gasteiger partial charge in [0.25, 0.3) is 11.8 Å². The Morgan fingerprint density at radius 3 is 2.43 bits per heavy atom. The maximum atomic E-state index is 13.3. The number of hydrogen-bond donors (Lipinski definition) is 1. The van der Waals surface area contributed by atoms with Crippen LogP contribution in [0.2, 0.25) is 0 Å². The Bertz CT molecular complexity index is 1450. The molecule has 0 aliphatic carbocycles. The number of rotatable bonds is 7. The highest BCUT2D eigenvalue weighted by molar-refractivity contribution is 14.1. The molecule has 3 aromatic rings. The molecule has 1 aliphatic heterocycles. The SMILES string of the molecule is C=CCc1cc(/C=C2\C(=O)NC(=O)N(c3ccc(C)c(C)c3)C2=O)cc(Br)c1OCc1ccc(I)cc1. The fourth-order valence-corrected chi connectivity index (χ4v) is 4.88. The zero-order chi connectivity index (χ0) is 26.7. The highest BCUT2D eigenvalue weighted by Gasteiger charge is 2.37. The first kappa shape index (κ1) is 26.8. The van der Waals surface area contributed by atoms with Crippen LogP contribution in [-0.4, -0.2) is 17.8 Å². The van der Waals surface area contributed by atoms with Crippen LogP contribution in [0, 0.1) is 17.4 Å². The van der Waals surface area contributed by atoms with Gasteiger partial charge < -0.3 is 4.74 Å². The first-order valence-electron chi connectivity index (χ1n) is 11.5. The van der Waals surface area contributed by atoms with E-state index in [0.29, 0.717) is 34.5 Å². The lowest BCUT2D eigenvalue weighted by molar-refractivity contribution is -0.122. The molecule has 8 heteroatoms. The molecule has 0 atom stereocenters. The summed E-state index contributed by atoms with van der Waals surface area (Å²) in [5, 5.41) is 2.28. The van der Waals surface area contributed by atoms with Gasteiger partial charge in [0.15, 0.2) is 0 Å². The molecule has 3 aromatic carbocycles. The molecule has 1 saturated heterocycles. The highest BCUT2D eigenvalue weighted by Crippen LogP contribution is 2.34. The third-order valence-electron chi connectivity index (χ3n) is 5.96. The predicted molar refractivity (Wildman–Crippen MR) is 156 cm³/mol. The topological polar surface area (TPSA) is 75.7 Å². The molecule has 1 aliphatic rings. The number of aryl methyl sites for hydroxylation is 2. The summed E-state index contributed by atoms with van der Waals surface area (Å²) in [5.74, 6) is -0.764. The van der Waals surface area contributed by atoms with Crippen molar-refractivity contribution in [1.29, 1.82) is 0 Å². The van der Waals surface area contributed by atoms with Crippen LogP contribution in [0.1, 0.15) is 27.8 Å². The molecule has 1 fully saturated rings. The molecule has 0 bridgehead atoms. The Kier molecular flexibility index (Phi) is 8.29. The molecular formula is C29H24BrIN2O4. The number of nitrogens with one attached hydrogen (secondary N) is 1. The lowest BCUT2D eigenvalue weighted by Crippen LogP contribution is -2.54. The van der Waals surface area contributed by atoms with Crippen molar-refractivity contribution in [3.05, 3.63) is 109 Å². The van der Waals surface area contributed by atoms with E-state index in [-0.39, 0.29) is 5.57 Å². The van der Waals surface area contributed by atoms with Gasteiger partial charge in [-0.2, -0.15) is 0 Å². The van der Waals surface area contributed by atoms with E-state index in [1.807, 2.05) is 50.2 Å². The molecule has 6 nitrogen and oxygen atoms in total. The summed E-state index contributed by atoms with van der Waals surface area (Å²) < 4.78 is 7.95. The number of carbonyl (C=O) groups is 3. The molecule has 188 valence electrons. The standard InChI is InChI=1S/C29H24BrIN2O4/c1-4-5-21-13-20(15-25(30)26(21)37-16-19-7-9-22(31)10-8-19)14-24-27(34)32-29(36)33(28(24)35)23-11-6-17(2)18(3)12-23/h4,6-15H,1,5,16H2,2-3H3,(H,32,34,36)/b24-14+. The molecular weight excluding hydrogens is 647 g/mol. The molecule has 4 amide bonds. The Morgan fingerprint density at radius 1 is 1.03 bits per heavy atom. The fraction of sp³-hybridized carbons (Fsp3) is 0.138. The van der Waals surface area contributed by atoms with Gasteiger partial charge in [-0.05, 0) is 129 Å². The minimum Gasteiger partial charge on any atom is -0.487 e. The van der Waals surface area contributed by atoms with Crippen molar-refractivity contribution in [3.8, 4) is 5.75 Å². The maximum absolute atomic E-state index is 13.3. The van der Waals surface area contributed by atoms with Gasteiger partial charge in [-0.3, -0.25) is 14.9 Å². The van der Waals surface area contributed by atoms with E-state index in [4.69, 9.17) is 4.74 Å². The number of imide groups is 2. The van der Waals surface area contributed by atoms with Crippen molar-refractivity contribution >= 4 is 68.1 Å². The number of anilines is 1. The molecule has 37 heavy (non-hydrogen) atoms. The minimum atomic E-state index is -0.775. The third-order valence-corrected chi connectivity index (χ3v) is 7.27. The summed E-state index contributed by atoms with van der Waals surface area (Å²) in [6.45, 7) is 8.06. The van der Waals surface area contributed by atoms with Crippen LogP contribution >= 0.6 is 38.5 Å². The molecule has 0 unspecified atom stereocenters. The zero-order valence-electron chi connectivity index (χ0n) is 20.3. The quantitative estimate of drug-likeness (QED) is 0.132. The summed E-state index contributed by atoms with van der Waals surface area (Å²) in [4.78, 5) is 39.5. The number of amides is 4. The monoisotopic (exact) mass is 670 g/mol. The molecule has 0 spiro atoms. The van der Waals surface area contributed by atoms with E-state index in [9.17, 15) is 14.4 Å². The van der Waals surface area contributed by atoms with Crippen LogP contribution in [-0.2, 0) is 22.6 Å². The molecule has 0 radical (unpaired) electrons. The number of nitrogens with zero attached hydrogens (tertiary/aromatic N) is 1. The number of halogens is 2. The van der Waals surface area contributed by atoms with Crippen LogP contribution in [0.15, 0.2) is 77.3 Å². The normalized spacial score (nSPS) is 14.6. The Hall–Kier alpha value is -3.24. The summed E-state index contributed by atoms with van der Waals surface area (Å²) in [7, 11) is 0. The zero-order valence-corrected chi connectivity index (χ0v) is 24.1. The number of barbiturate groups is 1. The number of allylic oxidation sites excluding steroid dienone is 1. The second kappa shape index (κ2) is 11.4. The van der Waals surface area contributed by atoms with Crippen molar-refractivity contribution < 1.29 is 19.1 Å². The van der Waals surface area contributed by atoms with E-state index in [0.717, 1.165) is 30.7 Å². The molecule has 1 heterocycles. The number of ether oxygens (including phenoxy) is 1. The van der Waals surface area contributed by atoms with E-state index < -0.39 is 17.8 Å². The van der Waals surface area contributed by atoms with Crippen LogP contribution in [0.25, 0.3) is 6.08 Å². The predicted octanol–water partition coefficient (Wildman–Crippen LogP) is 6.64. The average Bonchev–Trinajstić information content (AvgIpc) is 2.84. The molecule has 4 rings (SSSR count). The molecule has 0 aromatic heterocycles. The van der Waals surface area contributed by atoms with Crippen LogP contribution in [0.3, 0.4) is 0 Å². The van der Waals surface area contributed by atoms with Crippen LogP contribution in [0.4, 0.5) is 10.5 Å². The molecule has 0 saturated carbocycles. The fourth-order valence-electron chi connectivity index (χ4n) is 3.89. The number of carbonyl (C=O) groups excluding carboxylic acids is 3. The van der Waals surface area contributed by atoms with E-state index in [2.05, 4.69) is 50.4 Å². The van der Waals surface area contributed by atoms with Crippen LogP contribution in [0.5, 0.6) is 5.75 Å². The van der Waals surface area contributed by atoms with Gasteiger partial charge in [-0.25, -0.2) is 9.69 Å². The lowest BCUT2D eigenvalue weighted by Gasteiger charge is -2.27. The van der Waals surface area contributed by atoms with Gasteiger partial charge in [0, 0.05) is 3.57 Å². The van der Waals surface area contributed by atoms with E-state index in [1.165, 1.54) is 6.08 Å². The Labute approximate surface area is 237 Å². The third kappa shape index (κ3) is 6.02. The summed E-state index contributed by atoms with van der Waals surface area (Å²) in [6.07, 6.45) is 3.76. The highest BCUT2D eigenvalue weighted by atomic mass is 127. The van der Waals surface area contributed by atoms with Gasteiger partial charge in [-0.1, -0.05) is 24.3 Å². The largest absolute Gasteiger partial charge is 0.487 e. The van der Waals surface area contributed by atoms with Crippen molar-refractivity contribution in [2.45, 2.75) is 26.9 Å². The maximum Gasteiger partial charge on any atom is 0.335 e. The Balaban J connectivity index is 1.66. The lowest BCUT2D eigenvalue weighted by atomic mass is 10.0. The summed E-state index contributed by atoms with van der Waals surface area (Å²) in [5.41, 5.74) is 4.71. The Morgan fingerprint density at radius 2 is 1.76 bits per heavy atom.